The van der Waals surface area contributed by atoms with Gasteiger partial charge in [0.2, 0.25) is 0 Å². The van der Waals surface area contributed by atoms with Crippen LogP contribution in [0.1, 0.15) is 15.9 Å². The largest absolute Gasteiger partial charge is 1.00 e. The molecule has 8 heteroatoms. The van der Waals surface area contributed by atoms with Crippen LogP contribution in [0.25, 0.3) is 0 Å². The van der Waals surface area contributed by atoms with E-state index in [0.717, 1.165) is 12.1 Å². The Balaban J connectivity index is 0. The van der Waals surface area contributed by atoms with Crippen molar-refractivity contribution in [1.82, 2.24) is 0 Å². The van der Waals surface area contributed by atoms with Gasteiger partial charge in [0.1, 0.15) is 5.82 Å². The molecule has 0 bridgehead atoms. The van der Waals surface area contributed by atoms with Crippen LogP contribution >= 0.6 is 0 Å². The molecular weight excluding hydrogens is 257 g/mol. The van der Waals surface area contributed by atoms with Crippen LogP contribution in [0.2, 0.25) is 0 Å². The number of rotatable bonds is 2. The topological polar surface area (TPSA) is 80.3 Å². The second kappa shape index (κ2) is 7.94. The third-order valence-corrected chi connectivity index (χ3v) is 2.29. The van der Waals surface area contributed by atoms with E-state index in [9.17, 15) is 23.1 Å². The molecular formula is C8H5FNa2O4S. The summed E-state index contributed by atoms with van der Waals surface area (Å²) >= 11 is -2.79. The van der Waals surface area contributed by atoms with Gasteiger partial charge in [0, 0.05) is 0 Å². The van der Waals surface area contributed by atoms with Crippen molar-refractivity contribution in [1.29, 1.82) is 0 Å². The maximum absolute atomic E-state index is 13.1. The van der Waals surface area contributed by atoms with Crippen LogP contribution in [0.5, 0.6) is 0 Å². The van der Waals surface area contributed by atoms with Gasteiger partial charge in [-0.05, 0) is 41.3 Å². The number of aromatic carboxylic acids is 1. The molecule has 0 aliphatic heterocycles. The van der Waals surface area contributed by atoms with Gasteiger partial charge in [0.05, 0.1) is 10.9 Å². The standard InChI is InChI=1S/C8H7FO4S.2Na/c1-4-2-5(8(10)11)3-6(7(4)9)14(12)13;;/h2-3H,1H3,(H,10,11)(H,12,13);;/q;2*+1/p-2. The van der Waals surface area contributed by atoms with Crippen LogP contribution in [-0.2, 0) is 11.1 Å². The molecule has 0 N–H and O–H groups in total. The Hall–Kier alpha value is 0.730. The Morgan fingerprint density at radius 2 is 1.88 bits per heavy atom. The van der Waals surface area contributed by atoms with Gasteiger partial charge >= 0.3 is 59.1 Å². The summed E-state index contributed by atoms with van der Waals surface area (Å²) in [6, 6.07) is 1.74. The number of carbonyl (C=O) groups excluding carboxylic acids is 1. The molecule has 1 atom stereocenters. The number of halogens is 1. The van der Waals surface area contributed by atoms with Crippen LogP contribution in [-0.4, -0.2) is 14.7 Å². The fourth-order valence-corrected chi connectivity index (χ4v) is 1.51. The molecule has 0 saturated carbocycles. The van der Waals surface area contributed by atoms with E-state index in [4.69, 9.17) is 0 Å². The fourth-order valence-electron chi connectivity index (χ4n) is 0.976. The molecule has 0 aromatic heterocycles. The normalized spacial score (nSPS) is 10.9. The first-order valence-corrected chi connectivity index (χ1v) is 4.61. The van der Waals surface area contributed by atoms with Crippen molar-refractivity contribution >= 4 is 17.0 Å². The second-order valence-electron chi connectivity index (χ2n) is 2.63. The molecule has 0 radical (unpaired) electrons. The SMILES string of the molecule is Cc1cc(C(=O)[O-])cc(S(=O)[O-])c1F.[Na+].[Na+]. The summed E-state index contributed by atoms with van der Waals surface area (Å²) in [5, 5.41) is 10.4. The first-order chi connectivity index (χ1) is 6.43. The Bertz CT molecular complexity index is 425. The minimum absolute atomic E-state index is 0. The Morgan fingerprint density at radius 1 is 1.38 bits per heavy atom. The van der Waals surface area contributed by atoms with Crippen molar-refractivity contribution in [2.45, 2.75) is 11.8 Å². The molecule has 0 heterocycles. The van der Waals surface area contributed by atoms with Crippen molar-refractivity contribution in [3.8, 4) is 0 Å². The third-order valence-electron chi connectivity index (χ3n) is 1.64. The zero-order chi connectivity index (χ0) is 10.9. The summed E-state index contributed by atoms with van der Waals surface area (Å²) in [5.41, 5.74) is -0.408. The van der Waals surface area contributed by atoms with E-state index in [2.05, 4.69) is 0 Å². The maximum atomic E-state index is 13.1. The average Bonchev–Trinajstić information content (AvgIpc) is 2.08. The molecule has 1 aromatic rings. The summed E-state index contributed by atoms with van der Waals surface area (Å²) in [5.74, 6) is -2.48. The number of hydrogen-bond donors (Lipinski definition) is 0. The van der Waals surface area contributed by atoms with Gasteiger partial charge in [0.15, 0.2) is 0 Å². The number of carbonyl (C=O) groups is 1. The molecule has 1 aromatic carbocycles. The summed E-state index contributed by atoms with van der Waals surface area (Å²) < 4.78 is 34.1. The van der Waals surface area contributed by atoms with Gasteiger partial charge in [-0.15, -0.1) is 0 Å². The van der Waals surface area contributed by atoms with E-state index in [0.29, 0.717) is 0 Å². The van der Waals surface area contributed by atoms with E-state index in [1.165, 1.54) is 6.92 Å². The molecule has 4 nitrogen and oxygen atoms in total. The van der Waals surface area contributed by atoms with E-state index in [-0.39, 0.29) is 70.2 Å². The number of hydrogen-bond acceptors (Lipinski definition) is 4. The Labute approximate surface area is 138 Å². The van der Waals surface area contributed by atoms with Crippen LogP contribution < -0.4 is 64.2 Å². The van der Waals surface area contributed by atoms with Crippen molar-refractivity contribution in [3.05, 3.63) is 29.1 Å². The number of aryl methyl sites for hydroxylation is 1. The first-order valence-electron chi connectivity index (χ1n) is 3.54. The van der Waals surface area contributed by atoms with Gasteiger partial charge < -0.3 is 14.5 Å². The summed E-state index contributed by atoms with van der Waals surface area (Å²) in [4.78, 5) is 9.74. The van der Waals surface area contributed by atoms with Gasteiger partial charge in [-0.2, -0.15) is 0 Å². The summed E-state index contributed by atoms with van der Waals surface area (Å²) in [6.45, 7) is 1.28. The van der Waals surface area contributed by atoms with E-state index >= 15 is 0 Å². The molecule has 0 spiro atoms. The zero-order valence-electron chi connectivity index (χ0n) is 9.07. The molecule has 0 aliphatic rings. The van der Waals surface area contributed by atoms with Crippen LogP contribution in [0.4, 0.5) is 4.39 Å². The first kappa shape index (κ1) is 19.1. The van der Waals surface area contributed by atoms with Gasteiger partial charge in [-0.1, -0.05) is 0 Å². The third kappa shape index (κ3) is 4.54. The van der Waals surface area contributed by atoms with Gasteiger partial charge in [-0.25, -0.2) is 4.39 Å². The zero-order valence-corrected chi connectivity index (χ0v) is 13.9. The summed E-state index contributed by atoms with van der Waals surface area (Å²) in [6.07, 6.45) is 0. The summed E-state index contributed by atoms with van der Waals surface area (Å²) in [7, 11) is 0. The van der Waals surface area contributed by atoms with E-state index in [1.54, 1.807) is 0 Å². The van der Waals surface area contributed by atoms with Crippen LogP contribution in [0, 0.1) is 12.7 Å². The average molecular weight is 262 g/mol. The predicted molar refractivity (Wildman–Crippen MR) is 42.7 cm³/mol. The number of carboxylic acids is 1. The smallest absolute Gasteiger partial charge is 0.768 e. The molecule has 0 amide bonds. The molecule has 76 valence electrons. The van der Waals surface area contributed by atoms with Crippen molar-refractivity contribution in [3.63, 3.8) is 0 Å². The van der Waals surface area contributed by atoms with E-state index < -0.39 is 27.8 Å². The molecule has 0 aliphatic carbocycles. The van der Waals surface area contributed by atoms with Crippen molar-refractivity contribution < 1.29 is 82.2 Å². The molecule has 1 rings (SSSR count). The van der Waals surface area contributed by atoms with Gasteiger partial charge in [-0.3, -0.25) is 4.21 Å². The number of carboxylic acid groups (broad SMARTS) is 1. The van der Waals surface area contributed by atoms with Crippen LogP contribution in [0.3, 0.4) is 0 Å². The maximum Gasteiger partial charge on any atom is 1.00 e. The minimum atomic E-state index is -2.79. The molecule has 0 fully saturated rings. The van der Waals surface area contributed by atoms with E-state index in [1.807, 2.05) is 0 Å². The fraction of sp³-hybridized carbons (Fsp3) is 0.125. The van der Waals surface area contributed by atoms with Crippen LogP contribution in [0.15, 0.2) is 17.0 Å². The Kier molecular flexibility index (Phi) is 9.47. The van der Waals surface area contributed by atoms with Crippen molar-refractivity contribution in [2.75, 3.05) is 0 Å². The van der Waals surface area contributed by atoms with Gasteiger partial charge in [0.25, 0.3) is 0 Å². The predicted octanol–water partition coefficient (Wildman–Crippen LogP) is -6.26. The monoisotopic (exact) mass is 262 g/mol. The van der Waals surface area contributed by atoms with Crippen molar-refractivity contribution in [2.24, 2.45) is 0 Å². The molecule has 1 unspecified atom stereocenters. The second-order valence-corrected chi connectivity index (χ2v) is 3.54. The quantitative estimate of drug-likeness (QED) is 0.392. The Morgan fingerprint density at radius 3 is 2.25 bits per heavy atom. The minimum Gasteiger partial charge on any atom is -0.768 e. The number of benzene rings is 1. The molecule has 0 saturated heterocycles. The molecule has 16 heavy (non-hydrogen) atoms.